The first kappa shape index (κ1) is 44.6. The summed E-state index contributed by atoms with van der Waals surface area (Å²) >= 11 is 0. The van der Waals surface area contributed by atoms with Gasteiger partial charge in [-0.25, -0.2) is 0 Å². The molecule has 8 rings (SSSR count). The third-order valence-corrected chi connectivity index (χ3v) is 11.3. The topological polar surface area (TPSA) is 83.1 Å². The molecule has 2 aliphatic heterocycles. The fourth-order valence-electron chi connectivity index (χ4n) is 7.99. The molecule has 328 valence electrons. The molecule has 2 fully saturated rings. The van der Waals surface area contributed by atoms with Crippen LogP contribution < -0.4 is 0 Å². The van der Waals surface area contributed by atoms with Crippen molar-refractivity contribution in [2.24, 2.45) is 0 Å². The van der Waals surface area contributed by atoms with Crippen molar-refractivity contribution >= 4 is 0 Å². The Hall–Kier alpha value is -5.04. The zero-order valence-electron chi connectivity index (χ0n) is 35.7. The lowest BCUT2D eigenvalue weighted by molar-refractivity contribution is -0.352. The molecular formula is C54H58O9. The smallest absolute Gasteiger partial charge is 0.187 e. The van der Waals surface area contributed by atoms with Crippen LogP contribution in [0.1, 0.15) is 39.8 Å². The molecule has 2 heterocycles. The van der Waals surface area contributed by atoms with Crippen LogP contribution >= 0.6 is 0 Å². The van der Waals surface area contributed by atoms with Crippen molar-refractivity contribution in [1.29, 1.82) is 0 Å². The van der Waals surface area contributed by atoms with Crippen molar-refractivity contribution in [2.75, 3.05) is 19.8 Å². The van der Waals surface area contributed by atoms with Gasteiger partial charge in [0.05, 0.1) is 59.0 Å². The minimum absolute atomic E-state index is 0.212. The first-order valence-corrected chi connectivity index (χ1v) is 22.0. The Kier molecular flexibility index (Phi) is 17.1. The second-order valence-electron chi connectivity index (χ2n) is 16.0. The van der Waals surface area contributed by atoms with Gasteiger partial charge in [-0.05, 0) is 39.8 Å². The van der Waals surface area contributed by atoms with Crippen LogP contribution in [0.4, 0.5) is 0 Å². The molecule has 63 heavy (non-hydrogen) atoms. The molecule has 0 saturated carbocycles. The fraction of sp³-hybridized carbons (Fsp3) is 0.333. The van der Waals surface area contributed by atoms with Crippen molar-refractivity contribution in [3.8, 4) is 0 Å². The second kappa shape index (κ2) is 24.1. The lowest BCUT2D eigenvalue weighted by atomic mass is 9.96. The monoisotopic (exact) mass is 850 g/mol. The molecule has 2 saturated heterocycles. The summed E-state index contributed by atoms with van der Waals surface area (Å²) in [6.45, 7) is 3.17. The summed E-state index contributed by atoms with van der Waals surface area (Å²) in [6.07, 6.45) is -4.34. The highest BCUT2D eigenvalue weighted by atomic mass is 16.7. The fourth-order valence-corrected chi connectivity index (χ4v) is 7.99. The largest absolute Gasteiger partial charge is 0.374 e. The zero-order chi connectivity index (χ0) is 42.7. The summed E-state index contributed by atoms with van der Waals surface area (Å²) in [5.74, 6) is 0. The summed E-state index contributed by atoms with van der Waals surface area (Å²) in [5.41, 5.74) is 6.25. The van der Waals surface area contributed by atoms with Crippen molar-refractivity contribution in [2.45, 2.75) is 95.1 Å². The van der Waals surface area contributed by atoms with Crippen molar-refractivity contribution in [1.82, 2.24) is 0 Å². The van der Waals surface area contributed by atoms with E-state index in [4.69, 9.17) is 42.6 Å². The van der Waals surface area contributed by atoms with Gasteiger partial charge >= 0.3 is 0 Å². The zero-order valence-corrected chi connectivity index (χ0v) is 35.7. The minimum atomic E-state index is -0.942. The van der Waals surface area contributed by atoms with E-state index in [0.29, 0.717) is 52.7 Å². The highest BCUT2D eigenvalue weighted by Crippen LogP contribution is 2.35. The van der Waals surface area contributed by atoms with Crippen LogP contribution in [0, 0.1) is 0 Å². The van der Waals surface area contributed by atoms with Crippen LogP contribution in [0.2, 0.25) is 0 Å². The standard InChI is InChI=1S/C54H58O9/c1-7-19-41(20-8-1)33-55-39-48-50(47(31-32-57-48)58-35-43-23-11-3-12-24-43)63-54-53(61-38-46-29-17-6-18-30-46)52(60-37-45-27-15-5-16-28-45)51(59-36-44-25-13-4-14-26-44)49(62-54)40-56-34-42-21-9-2-10-22-42/h1-30,47-54H,31-40H2/t47-,48+,49-,50+,51+,52+,53-,54+/m1/s1. The number of rotatable bonds is 22. The van der Waals surface area contributed by atoms with Gasteiger partial charge in [-0.15, -0.1) is 0 Å². The number of ether oxygens (including phenoxy) is 9. The summed E-state index contributed by atoms with van der Waals surface area (Å²) < 4.78 is 61.3. The van der Waals surface area contributed by atoms with Gasteiger partial charge in [-0.3, -0.25) is 0 Å². The van der Waals surface area contributed by atoms with E-state index in [1.165, 1.54) is 0 Å². The van der Waals surface area contributed by atoms with Gasteiger partial charge in [0, 0.05) is 6.61 Å². The van der Waals surface area contributed by atoms with E-state index in [0.717, 1.165) is 33.4 Å². The first-order chi connectivity index (χ1) is 31.2. The molecule has 6 aromatic carbocycles. The quantitative estimate of drug-likeness (QED) is 0.0664. The Morgan fingerprint density at radius 1 is 0.365 bits per heavy atom. The highest BCUT2D eigenvalue weighted by molar-refractivity contribution is 5.18. The molecule has 0 N–H and O–H groups in total. The van der Waals surface area contributed by atoms with Crippen molar-refractivity contribution in [3.63, 3.8) is 0 Å². The van der Waals surface area contributed by atoms with Crippen LogP contribution in [0.25, 0.3) is 0 Å². The van der Waals surface area contributed by atoms with E-state index in [1.54, 1.807) is 0 Å². The van der Waals surface area contributed by atoms with Crippen LogP contribution in [0.15, 0.2) is 182 Å². The highest BCUT2D eigenvalue weighted by Gasteiger charge is 2.51. The maximum Gasteiger partial charge on any atom is 0.187 e. The average molecular weight is 851 g/mol. The summed E-state index contributed by atoms with van der Waals surface area (Å²) in [4.78, 5) is 0. The summed E-state index contributed by atoms with van der Waals surface area (Å²) in [5, 5.41) is 0. The van der Waals surface area contributed by atoms with Gasteiger partial charge in [0.1, 0.15) is 36.6 Å². The van der Waals surface area contributed by atoms with Gasteiger partial charge in [0.25, 0.3) is 0 Å². The second-order valence-corrected chi connectivity index (χ2v) is 16.0. The van der Waals surface area contributed by atoms with E-state index in [1.807, 2.05) is 121 Å². The van der Waals surface area contributed by atoms with Gasteiger partial charge in [0.15, 0.2) is 6.29 Å². The normalized spacial score (nSPS) is 23.6. The Bertz CT molecular complexity index is 2130. The molecule has 0 spiro atoms. The van der Waals surface area contributed by atoms with E-state index in [-0.39, 0.29) is 19.3 Å². The molecule has 0 radical (unpaired) electrons. The lowest BCUT2D eigenvalue weighted by Gasteiger charge is -2.48. The molecule has 0 bridgehead atoms. The van der Waals surface area contributed by atoms with E-state index < -0.39 is 42.9 Å². The molecule has 0 aromatic heterocycles. The molecular weight excluding hydrogens is 793 g/mol. The summed E-state index contributed by atoms with van der Waals surface area (Å²) in [7, 11) is 0. The number of benzene rings is 6. The predicted molar refractivity (Wildman–Crippen MR) is 240 cm³/mol. The molecule has 9 nitrogen and oxygen atoms in total. The molecule has 0 amide bonds. The Morgan fingerprint density at radius 3 is 1.17 bits per heavy atom. The maximum atomic E-state index is 7.27. The molecule has 6 aromatic rings. The average Bonchev–Trinajstić information content (AvgIpc) is 3.34. The Labute approximate surface area is 371 Å². The maximum absolute atomic E-state index is 7.27. The van der Waals surface area contributed by atoms with Gasteiger partial charge in [-0.2, -0.15) is 0 Å². The van der Waals surface area contributed by atoms with Gasteiger partial charge in [-0.1, -0.05) is 182 Å². The van der Waals surface area contributed by atoms with E-state index in [2.05, 4.69) is 60.7 Å². The third kappa shape index (κ3) is 13.5. The molecule has 9 heteroatoms. The van der Waals surface area contributed by atoms with Gasteiger partial charge < -0.3 is 42.6 Å². The number of hydrogen-bond acceptors (Lipinski definition) is 9. The minimum Gasteiger partial charge on any atom is -0.374 e. The van der Waals surface area contributed by atoms with Crippen LogP contribution in [-0.4, -0.2) is 68.8 Å². The lowest BCUT2D eigenvalue weighted by Crippen LogP contribution is -2.63. The van der Waals surface area contributed by atoms with E-state index in [9.17, 15) is 0 Å². The van der Waals surface area contributed by atoms with Crippen molar-refractivity contribution in [3.05, 3.63) is 215 Å². The Balaban J connectivity index is 1.12. The van der Waals surface area contributed by atoms with E-state index >= 15 is 0 Å². The third-order valence-electron chi connectivity index (χ3n) is 11.3. The van der Waals surface area contributed by atoms with Crippen LogP contribution in [-0.2, 0) is 82.3 Å². The SMILES string of the molecule is c1ccc(COC[C@@H]2OCC[C@@H](OCc3ccccc3)[C@@H]2O[C@@H]2O[C@H](COCc3ccccc3)[C@H](OCc3ccccc3)[C@H](OCc3ccccc3)[C@H]2OCc2ccccc2)cc1. The van der Waals surface area contributed by atoms with Crippen LogP contribution in [0.5, 0.6) is 0 Å². The van der Waals surface area contributed by atoms with Gasteiger partial charge in [0.2, 0.25) is 0 Å². The van der Waals surface area contributed by atoms with Crippen molar-refractivity contribution < 1.29 is 42.6 Å². The molecule has 0 unspecified atom stereocenters. The Morgan fingerprint density at radius 2 is 0.730 bits per heavy atom. The first-order valence-electron chi connectivity index (χ1n) is 22.0. The molecule has 2 aliphatic rings. The summed E-state index contributed by atoms with van der Waals surface area (Å²) in [6, 6.07) is 60.8. The van der Waals surface area contributed by atoms with Crippen LogP contribution in [0.3, 0.4) is 0 Å². The molecule has 8 atom stereocenters. The predicted octanol–water partition coefficient (Wildman–Crippen LogP) is 9.66. The number of hydrogen-bond donors (Lipinski definition) is 0. The molecule has 0 aliphatic carbocycles.